The first-order chi connectivity index (χ1) is 6.26. The highest BCUT2D eigenvalue weighted by atomic mass is 79.9. The summed E-state index contributed by atoms with van der Waals surface area (Å²) in [6.07, 6.45) is 0.562. The Morgan fingerprint density at radius 2 is 2.23 bits per heavy atom. The lowest BCUT2D eigenvalue weighted by Crippen LogP contribution is -2.24. The largest absolute Gasteiger partial charge is 0.396 e. The fourth-order valence-electron chi connectivity index (χ4n) is 0.958. The zero-order valence-electron chi connectivity index (χ0n) is 7.03. The van der Waals surface area contributed by atoms with E-state index in [1.165, 1.54) is 0 Å². The number of aliphatic hydroxyl groups excluding tert-OH is 2. The summed E-state index contributed by atoms with van der Waals surface area (Å²) in [6.45, 7) is 0.126. The summed E-state index contributed by atoms with van der Waals surface area (Å²) in [4.78, 5) is 0. The van der Waals surface area contributed by atoms with Crippen molar-refractivity contribution < 1.29 is 10.2 Å². The first-order valence-electron chi connectivity index (χ1n) is 4.00. The van der Waals surface area contributed by atoms with Gasteiger partial charge < -0.3 is 15.5 Å². The number of hydrogen-bond donors (Lipinski definition) is 3. The zero-order valence-corrected chi connectivity index (χ0v) is 9.44. The van der Waals surface area contributed by atoms with Gasteiger partial charge in [-0.15, -0.1) is 11.3 Å². The average molecular weight is 266 g/mol. The molecule has 0 bridgehead atoms. The van der Waals surface area contributed by atoms with Crippen molar-refractivity contribution in [2.75, 3.05) is 18.5 Å². The molecule has 1 heterocycles. The molecule has 0 radical (unpaired) electrons. The van der Waals surface area contributed by atoms with E-state index in [1.54, 1.807) is 11.3 Å². The first-order valence-corrected chi connectivity index (χ1v) is 5.61. The van der Waals surface area contributed by atoms with Gasteiger partial charge in [-0.05, 0) is 34.5 Å². The number of halogens is 1. The van der Waals surface area contributed by atoms with Gasteiger partial charge >= 0.3 is 0 Å². The van der Waals surface area contributed by atoms with Crippen molar-refractivity contribution >= 4 is 32.3 Å². The van der Waals surface area contributed by atoms with Crippen LogP contribution < -0.4 is 5.32 Å². The Hall–Kier alpha value is -0.100. The number of nitrogens with one attached hydrogen (secondary N) is 1. The molecule has 0 aliphatic carbocycles. The van der Waals surface area contributed by atoms with Gasteiger partial charge in [0.05, 0.1) is 21.4 Å². The van der Waals surface area contributed by atoms with Crippen LogP contribution in [-0.4, -0.2) is 29.5 Å². The molecule has 1 rings (SSSR count). The van der Waals surface area contributed by atoms with E-state index in [0.29, 0.717) is 6.42 Å². The van der Waals surface area contributed by atoms with E-state index in [1.807, 2.05) is 12.1 Å². The summed E-state index contributed by atoms with van der Waals surface area (Å²) < 4.78 is 1.05. The average Bonchev–Trinajstić information content (AvgIpc) is 2.50. The van der Waals surface area contributed by atoms with Crippen LogP contribution in [0.25, 0.3) is 0 Å². The fraction of sp³-hybridized carbons (Fsp3) is 0.500. The molecule has 0 spiro atoms. The third-order valence-corrected chi connectivity index (χ3v) is 3.17. The van der Waals surface area contributed by atoms with Crippen LogP contribution in [0.4, 0.5) is 5.00 Å². The van der Waals surface area contributed by atoms with E-state index < -0.39 is 0 Å². The van der Waals surface area contributed by atoms with Gasteiger partial charge in [-0.25, -0.2) is 0 Å². The quantitative estimate of drug-likeness (QED) is 0.759. The minimum Gasteiger partial charge on any atom is -0.396 e. The predicted octanol–water partition coefficient (Wildman–Crippen LogP) is 1.67. The molecule has 13 heavy (non-hydrogen) atoms. The Morgan fingerprint density at radius 1 is 1.46 bits per heavy atom. The summed E-state index contributed by atoms with van der Waals surface area (Å²) in [7, 11) is 0. The molecule has 0 aliphatic heterocycles. The van der Waals surface area contributed by atoms with Crippen molar-refractivity contribution in [3.63, 3.8) is 0 Å². The molecular formula is C8H12BrNO2S. The summed E-state index contributed by atoms with van der Waals surface area (Å²) in [5, 5.41) is 21.8. The molecule has 0 aliphatic rings. The number of rotatable bonds is 5. The van der Waals surface area contributed by atoms with E-state index >= 15 is 0 Å². The number of aliphatic hydroxyl groups is 2. The maximum atomic E-state index is 8.94. The Labute approximate surface area is 89.5 Å². The van der Waals surface area contributed by atoms with Crippen molar-refractivity contribution in [2.45, 2.75) is 12.5 Å². The minimum atomic E-state index is -0.0597. The van der Waals surface area contributed by atoms with E-state index in [-0.39, 0.29) is 19.3 Å². The number of anilines is 1. The SMILES string of the molecule is OCCC(CO)Nc1ccc(Br)s1. The summed E-state index contributed by atoms with van der Waals surface area (Å²) in [5.41, 5.74) is 0. The van der Waals surface area contributed by atoms with Crippen LogP contribution in [0.5, 0.6) is 0 Å². The van der Waals surface area contributed by atoms with Crippen molar-refractivity contribution in [3.8, 4) is 0 Å². The van der Waals surface area contributed by atoms with Crippen LogP contribution in [0, 0.1) is 0 Å². The molecule has 3 N–H and O–H groups in total. The third kappa shape index (κ3) is 3.64. The molecule has 74 valence electrons. The van der Waals surface area contributed by atoms with Gasteiger partial charge in [-0.1, -0.05) is 0 Å². The Bertz CT molecular complexity index is 254. The Balaban J connectivity index is 2.46. The van der Waals surface area contributed by atoms with Crippen molar-refractivity contribution in [1.29, 1.82) is 0 Å². The normalized spacial score (nSPS) is 12.8. The molecular weight excluding hydrogens is 254 g/mol. The predicted molar refractivity (Wildman–Crippen MR) is 58.2 cm³/mol. The van der Waals surface area contributed by atoms with Crippen LogP contribution in [0.1, 0.15) is 6.42 Å². The van der Waals surface area contributed by atoms with Crippen molar-refractivity contribution in [3.05, 3.63) is 15.9 Å². The Kier molecular flexibility index (Phi) is 4.72. The van der Waals surface area contributed by atoms with Crippen LogP contribution in [0.3, 0.4) is 0 Å². The molecule has 5 heteroatoms. The topological polar surface area (TPSA) is 52.5 Å². The monoisotopic (exact) mass is 265 g/mol. The smallest absolute Gasteiger partial charge is 0.0897 e. The second-order valence-electron chi connectivity index (χ2n) is 2.64. The van der Waals surface area contributed by atoms with Gasteiger partial charge in [0.1, 0.15) is 0 Å². The zero-order chi connectivity index (χ0) is 9.68. The maximum Gasteiger partial charge on any atom is 0.0897 e. The van der Waals surface area contributed by atoms with E-state index in [0.717, 1.165) is 8.79 Å². The third-order valence-electron chi connectivity index (χ3n) is 1.62. The first kappa shape index (κ1) is 11.0. The van der Waals surface area contributed by atoms with E-state index in [9.17, 15) is 0 Å². The highest BCUT2D eigenvalue weighted by molar-refractivity contribution is 9.11. The lowest BCUT2D eigenvalue weighted by molar-refractivity contribution is 0.229. The van der Waals surface area contributed by atoms with Crippen LogP contribution in [0.2, 0.25) is 0 Å². The molecule has 0 aromatic carbocycles. The second kappa shape index (κ2) is 5.59. The molecule has 1 atom stereocenters. The maximum absolute atomic E-state index is 8.94. The molecule has 0 saturated carbocycles. The molecule has 1 aromatic heterocycles. The van der Waals surface area contributed by atoms with Gasteiger partial charge in [0.25, 0.3) is 0 Å². The molecule has 0 amide bonds. The molecule has 1 aromatic rings. The number of thiophene rings is 1. The Morgan fingerprint density at radius 3 is 2.69 bits per heavy atom. The standard InChI is InChI=1S/C8H12BrNO2S/c9-7-1-2-8(13-7)10-6(5-12)3-4-11/h1-2,6,10-12H,3-5H2. The second-order valence-corrected chi connectivity index (χ2v) is 5.10. The lowest BCUT2D eigenvalue weighted by atomic mass is 10.2. The van der Waals surface area contributed by atoms with E-state index in [2.05, 4.69) is 21.2 Å². The van der Waals surface area contributed by atoms with Gasteiger partial charge in [0, 0.05) is 6.61 Å². The van der Waals surface area contributed by atoms with Crippen LogP contribution in [-0.2, 0) is 0 Å². The van der Waals surface area contributed by atoms with E-state index in [4.69, 9.17) is 10.2 Å². The summed E-state index contributed by atoms with van der Waals surface area (Å²) in [6, 6.07) is 3.82. The lowest BCUT2D eigenvalue weighted by Gasteiger charge is -2.14. The van der Waals surface area contributed by atoms with Crippen molar-refractivity contribution in [2.24, 2.45) is 0 Å². The molecule has 0 fully saturated rings. The molecule has 3 nitrogen and oxygen atoms in total. The van der Waals surface area contributed by atoms with Gasteiger partial charge in [-0.3, -0.25) is 0 Å². The van der Waals surface area contributed by atoms with Crippen LogP contribution in [0.15, 0.2) is 15.9 Å². The highest BCUT2D eigenvalue weighted by Crippen LogP contribution is 2.27. The van der Waals surface area contributed by atoms with Crippen molar-refractivity contribution in [1.82, 2.24) is 0 Å². The van der Waals surface area contributed by atoms with Gasteiger partial charge in [0.2, 0.25) is 0 Å². The summed E-state index contributed by atoms with van der Waals surface area (Å²) in [5.74, 6) is 0. The molecule has 1 unspecified atom stereocenters. The summed E-state index contributed by atoms with van der Waals surface area (Å²) >= 11 is 4.92. The fourth-order valence-corrected chi connectivity index (χ4v) is 2.32. The van der Waals surface area contributed by atoms with Gasteiger partial charge in [0.15, 0.2) is 0 Å². The highest BCUT2D eigenvalue weighted by Gasteiger charge is 2.07. The minimum absolute atomic E-state index is 0.0378. The van der Waals surface area contributed by atoms with Gasteiger partial charge in [-0.2, -0.15) is 0 Å². The number of hydrogen-bond acceptors (Lipinski definition) is 4. The van der Waals surface area contributed by atoms with Crippen LogP contribution >= 0.6 is 27.3 Å². The molecule has 0 saturated heterocycles.